The van der Waals surface area contributed by atoms with E-state index in [1.807, 2.05) is 12.1 Å². The van der Waals surface area contributed by atoms with Gasteiger partial charge in [0.1, 0.15) is 0 Å². The van der Waals surface area contributed by atoms with Gasteiger partial charge in [0, 0.05) is 10.9 Å². The first-order valence-corrected chi connectivity index (χ1v) is 8.66. The van der Waals surface area contributed by atoms with Crippen molar-refractivity contribution in [3.05, 3.63) is 34.9 Å². The van der Waals surface area contributed by atoms with Crippen LogP contribution >= 0.6 is 23.4 Å². The number of carbonyl (C=O) groups excluding carboxylic acids is 2. The van der Waals surface area contributed by atoms with Crippen LogP contribution in [-0.2, 0) is 19.1 Å². The molecule has 0 radical (unpaired) electrons. The molecule has 0 spiro atoms. The molecule has 1 aromatic rings. The molecule has 1 heterocycles. The summed E-state index contributed by atoms with van der Waals surface area (Å²) in [5.41, 5.74) is 0.899. The van der Waals surface area contributed by atoms with Gasteiger partial charge < -0.3 is 9.47 Å². The zero-order valence-corrected chi connectivity index (χ0v) is 14.2. The third-order valence-corrected chi connectivity index (χ3v) is 5.42. The number of thioether (sulfide) groups is 1. The van der Waals surface area contributed by atoms with Gasteiger partial charge in [-0.25, -0.2) is 9.59 Å². The maximum Gasteiger partial charge on any atom is 0.334 e. The predicted octanol–water partition coefficient (Wildman–Crippen LogP) is 3.43. The molecule has 1 aliphatic rings. The van der Waals surface area contributed by atoms with E-state index in [0.29, 0.717) is 17.2 Å². The lowest BCUT2D eigenvalue weighted by atomic mass is 9.83. The summed E-state index contributed by atoms with van der Waals surface area (Å²) in [6, 6.07) is 7.24. The third kappa shape index (κ3) is 3.10. The summed E-state index contributed by atoms with van der Waals surface area (Å²) >= 11 is 7.24. The maximum absolute atomic E-state index is 12.6. The van der Waals surface area contributed by atoms with Gasteiger partial charge in [0.15, 0.2) is 0 Å². The first-order valence-electron chi connectivity index (χ1n) is 7.30. The minimum Gasteiger partial charge on any atom is -0.464 e. The van der Waals surface area contributed by atoms with Crippen molar-refractivity contribution >= 4 is 35.3 Å². The van der Waals surface area contributed by atoms with Crippen LogP contribution < -0.4 is 0 Å². The lowest BCUT2D eigenvalue weighted by Gasteiger charge is -2.30. The van der Waals surface area contributed by atoms with Crippen LogP contribution in [0.2, 0.25) is 5.02 Å². The summed E-state index contributed by atoms with van der Waals surface area (Å²) in [6.45, 7) is 3.92. The third-order valence-electron chi connectivity index (χ3n) is 3.66. The van der Waals surface area contributed by atoms with Gasteiger partial charge in [-0.05, 0) is 43.7 Å². The average Bonchev–Trinajstić information content (AvgIpc) is 2.94. The second-order valence-corrected chi connectivity index (χ2v) is 6.70. The molecule has 1 saturated heterocycles. The number of halogens is 1. The van der Waals surface area contributed by atoms with E-state index in [9.17, 15) is 9.59 Å². The molecule has 1 aromatic carbocycles. The Hall–Kier alpha value is -1.20. The summed E-state index contributed by atoms with van der Waals surface area (Å²) in [4.78, 5) is 25.1. The standard InChI is InChI=1S/C16H19ClO4S/c1-3-20-14(18)16(15(19)21-4-2)13(9-10-22-16)11-5-7-12(17)8-6-11/h5-8,13H,3-4,9-10H2,1-2H3. The van der Waals surface area contributed by atoms with Crippen molar-refractivity contribution in [3.63, 3.8) is 0 Å². The number of benzene rings is 1. The SMILES string of the molecule is CCOC(=O)C1(C(=O)OCC)SCCC1c1ccc(Cl)cc1. The van der Waals surface area contributed by atoms with E-state index < -0.39 is 16.7 Å². The second-order valence-electron chi connectivity index (χ2n) is 4.92. The van der Waals surface area contributed by atoms with Gasteiger partial charge in [-0.2, -0.15) is 0 Å². The van der Waals surface area contributed by atoms with Crippen LogP contribution in [0.1, 0.15) is 31.7 Å². The van der Waals surface area contributed by atoms with E-state index in [1.165, 1.54) is 11.8 Å². The maximum atomic E-state index is 12.6. The molecule has 0 saturated carbocycles. The molecule has 1 aliphatic heterocycles. The van der Waals surface area contributed by atoms with Crippen LogP contribution in [0.25, 0.3) is 0 Å². The van der Waals surface area contributed by atoms with E-state index in [0.717, 1.165) is 5.56 Å². The quantitative estimate of drug-likeness (QED) is 0.606. The van der Waals surface area contributed by atoms with E-state index in [2.05, 4.69) is 0 Å². The van der Waals surface area contributed by atoms with Crippen molar-refractivity contribution in [1.82, 2.24) is 0 Å². The first-order chi connectivity index (χ1) is 10.6. The second kappa shape index (κ2) is 7.38. The summed E-state index contributed by atoms with van der Waals surface area (Å²) in [5, 5.41) is 0.618. The lowest BCUT2D eigenvalue weighted by molar-refractivity contribution is -0.159. The fourth-order valence-electron chi connectivity index (χ4n) is 2.70. The van der Waals surface area contributed by atoms with Crippen LogP contribution in [0.4, 0.5) is 0 Å². The Balaban J connectivity index is 2.43. The minimum atomic E-state index is -1.32. The molecular formula is C16H19ClO4S. The van der Waals surface area contributed by atoms with E-state index in [4.69, 9.17) is 21.1 Å². The molecule has 120 valence electrons. The molecule has 1 atom stereocenters. The molecule has 0 N–H and O–H groups in total. The van der Waals surface area contributed by atoms with Crippen molar-refractivity contribution in [2.75, 3.05) is 19.0 Å². The lowest BCUT2D eigenvalue weighted by Crippen LogP contribution is -2.48. The summed E-state index contributed by atoms with van der Waals surface area (Å²) in [6.07, 6.45) is 0.712. The Bertz CT molecular complexity index is 526. The monoisotopic (exact) mass is 342 g/mol. The molecule has 4 nitrogen and oxygen atoms in total. The summed E-state index contributed by atoms with van der Waals surface area (Å²) < 4.78 is 9.05. The van der Waals surface area contributed by atoms with Crippen molar-refractivity contribution in [2.24, 2.45) is 0 Å². The van der Waals surface area contributed by atoms with Crippen LogP contribution in [0.3, 0.4) is 0 Å². The Labute approximate surface area is 139 Å². The van der Waals surface area contributed by atoms with Gasteiger partial charge in [-0.15, -0.1) is 11.8 Å². The Morgan fingerprint density at radius 1 is 1.18 bits per heavy atom. The van der Waals surface area contributed by atoms with E-state index in [-0.39, 0.29) is 19.1 Å². The molecule has 0 amide bonds. The van der Waals surface area contributed by atoms with Crippen molar-refractivity contribution in [1.29, 1.82) is 0 Å². The zero-order valence-electron chi connectivity index (χ0n) is 12.6. The smallest absolute Gasteiger partial charge is 0.334 e. The normalized spacial score (nSPS) is 19.7. The van der Waals surface area contributed by atoms with Gasteiger partial charge in [0.2, 0.25) is 4.75 Å². The number of rotatable bonds is 5. The fourth-order valence-corrected chi connectivity index (χ4v) is 4.31. The number of esters is 2. The molecule has 0 aliphatic carbocycles. The Morgan fingerprint density at radius 2 is 1.73 bits per heavy atom. The van der Waals surface area contributed by atoms with Gasteiger partial charge in [0.25, 0.3) is 0 Å². The van der Waals surface area contributed by atoms with Crippen molar-refractivity contribution in [2.45, 2.75) is 30.9 Å². The molecule has 0 aromatic heterocycles. The Morgan fingerprint density at radius 3 is 2.23 bits per heavy atom. The topological polar surface area (TPSA) is 52.6 Å². The van der Waals surface area contributed by atoms with Gasteiger partial charge >= 0.3 is 11.9 Å². The van der Waals surface area contributed by atoms with E-state index in [1.54, 1.807) is 26.0 Å². The largest absolute Gasteiger partial charge is 0.464 e. The zero-order chi connectivity index (χ0) is 16.2. The summed E-state index contributed by atoms with van der Waals surface area (Å²) in [7, 11) is 0. The molecule has 0 bridgehead atoms. The number of hydrogen-bond donors (Lipinski definition) is 0. The highest BCUT2D eigenvalue weighted by atomic mass is 35.5. The van der Waals surface area contributed by atoms with Crippen LogP contribution in [0, 0.1) is 0 Å². The molecular weight excluding hydrogens is 324 g/mol. The first kappa shape index (κ1) is 17.2. The number of carbonyl (C=O) groups is 2. The fraction of sp³-hybridized carbons (Fsp3) is 0.500. The van der Waals surface area contributed by atoms with Crippen molar-refractivity contribution in [3.8, 4) is 0 Å². The highest BCUT2D eigenvalue weighted by Crippen LogP contribution is 2.50. The van der Waals surface area contributed by atoms with Crippen LogP contribution in [0.5, 0.6) is 0 Å². The predicted molar refractivity (Wildman–Crippen MR) is 87.3 cm³/mol. The average molecular weight is 343 g/mol. The Kier molecular flexibility index (Phi) is 5.75. The van der Waals surface area contributed by atoms with Gasteiger partial charge in [-0.1, -0.05) is 23.7 Å². The van der Waals surface area contributed by atoms with Gasteiger partial charge in [0.05, 0.1) is 13.2 Å². The highest BCUT2D eigenvalue weighted by Gasteiger charge is 2.59. The highest BCUT2D eigenvalue weighted by molar-refractivity contribution is 8.02. The molecule has 6 heteroatoms. The molecule has 2 rings (SSSR count). The van der Waals surface area contributed by atoms with Crippen molar-refractivity contribution < 1.29 is 19.1 Å². The molecule has 1 unspecified atom stereocenters. The van der Waals surface area contributed by atoms with E-state index >= 15 is 0 Å². The number of ether oxygens (including phenoxy) is 2. The van der Waals surface area contributed by atoms with Crippen LogP contribution in [0.15, 0.2) is 24.3 Å². The minimum absolute atomic E-state index is 0.230. The molecule has 22 heavy (non-hydrogen) atoms. The van der Waals surface area contributed by atoms with Crippen LogP contribution in [-0.4, -0.2) is 35.7 Å². The molecule has 1 fully saturated rings. The van der Waals surface area contributed by atoms with Gasteiger partial charge in [-0.3, -0.25) is 0 Å². The summed E-state index contributed by atoms with van der Waals surface area (Å²) in [5.74, 6) is -0.607. The number of hydrogen-bond acceptors (Lipinski definition) is 5.